The minimum atomic E-state index is -0.647. The summed E-state index contributed by atoms with van der Waals surface area (Å²) in [7, 11) is 0. The highest BCUT2D eigenvalue weighted by atomic mass is 32.2. The number of aromatic nitrogens is 3. The van der Waals surface area contributed by atoms with E-state index in [1.54, 1.807) is 6.92 Å². The zero-order valence-corrected chi connectivity index (χ0v) is 15.2. The van der Waals surface area contributed by atoms with Crippen molar-refractivity contribution in [3.05, 3.63) is 60.5 Å². The van der Waals surface area contributed by atoms with Crippen LogP contribution in [-0.4, -0.2) is 26.9 Å². The van der Waals surface area contributed by atoms with E-state index in [4.69, 9.17) is 13.6 Å². The van der Waals surface area contributed by atoms with Gasteiger partial charge in [-0.05, 0) is 31.2 Å². The van der Waals surface area contributed by atoms with Gasteiger partial charge >= 0.3 is 5.97 Å². The maximum atomic E-state index is 12.1. The minimum absolute atomic E-state index is 0.0663. The number of carbonyl (C=O) groups is 1. The first-order valence-corrected chi connectivity index (χ1v) is 9.24. The average Bonchev–Trinajstić information content (AvgIpc) is 3.34. The van der Waals surface area contributed by atoms with Gasteiger partial charge in [-0.3, -0.25) is 4.79 Å². The number of esters is 1. The van der Waals surface area contributed by atoms with Gasteiger partial charge in [0.1, 0.15) is 11.3 Å². The number of thioether (sulfide) groups is 1. The summed E-state index contributed by atoms with van der Waals surface area (Å²) in [4.78, 5) is 16.4. The van der Waals surface area contributed by atoms with Gasteiger partial charge in [-0.25, -0.2) is 4.98 Å². The number of ether oxygens (including phenoxy) is 1. The summed E-state index contributed by atoms with van der Waals surface area (Å²) in [6, 6.07) is 16.8. The monoisotopic (exact) mass is 381 g/mol. The summed E-state index contributed by atoms with van der Waals surface area (Å²) in [5, 5.41) is 8.38. The molecule has 27 heavy (non-hydrogen) atoms. The van der Waals surface area contributed by atoms with Crippen LogP contribution in [0, 0.1) is 0 Å². The van der Waals surface area contributed by atoms with E-state index in [-0.39, 0.29) is 11.6 Å². The number of carbonyl (C=O) groups excluding carboxylic acids is 1. The standard InChI is InChI=1S/C19H15N3O4S/c1-12(17-21-22-18(26-17)13-7-3-2-4-8-13)24-16(23)11-27-19-20-14-9-5-6-10-15(14)25-19/h2-10,12H,11H2,1H3. The molecule has 1 unspecified atom stereocenters. The molecule has 4 rings (SSSR count). The predicted molar refractivity (Wildman–Crippen MR) is 99.0 cm³/mol. The molecule has 0 N–H and O–H groups in total. The summed E-state index contributed by atoms with van der Waals surface area (Å²) < 4.78 is 16.5. The number of hydrogen-bond donors (Lipinski definition) is 0. The molecule has 2 heterocycles. The molecule has 2 aromatic carbocycles. The molecule has 0 radical (unpaired) electrons. The summed E-state index contributed by atoms with van der Waals surface area (Å²) in [5.74, 6) is 0.272. The highest BCUT2D eigenvalue weighted by Crippen LogP contribution is 2.25. The second kappa shape index (κ2) is 7.63. The van der Waals surface area contributed by atoms with E-state index >= 15 is 0 Å². The molecular formula is C19H15N3O4S. The highest BCUT2D eigenvalue weighted by molar-refractivity contribution is 7.99. The minimum Gasteiger partial charge on any atom is -0.452 e. The van der Waals surface area contributed by atoms with E-state index < -0.39 is 12.1 Å². The Kier molecular flexibility index (Phi) is 4.88. The number of nitrogens with zero attached hydrogens (tertiary/aromatic N) is 3. The summed E-state index contributed by atoms with van der Waals surface area (Å²) in [6.45, 7) is 1.68. The SMILES string of the molecule is CC(OC(=O)CSc1nc2ccccc2o1)c1nnc(-c2ccccc2)o1. The molecule has 0 spiro atoms. The lowest BCUT2D eigenvalue weighted by Crippen LogP contribution is -2.11. The fraction of sp³-hybridized carbons (Fsp3) is 0.158. The topological polar surface area (TPSA) is 91.2 Å². The molecule has 0 saturated carbocycles. The average molecular weight is 381 g/mol. The van der Waals surface area contributed by atoms with Gasteiger partial charge in [-0.2, -0.15) is 0 Å². The van der Waals surface area contributed by atoms with E-state index in [0.717, 1.165) is 11.1 Å². The van der Waals surface area contributed by atoms with Crippen LogP contribution in [0.5, 0.6) is 0 Å². The first-order chi connectivity index (χ1) is 13.2. The third kappa shape index (κ3) is 4.01. The fourth-order valence-corrected chi connectivity index (χ4v) is 3.03. The second-order valence-corrected chi connectivity index (χ2v) is 6.61. The molecule has 0 saturated heterocycles. The van der Waals surface area contributed by atoms with Gasteiger partial charge in [0, 0.05) is 5.56 Å². The summed E-state index contributed by atoms with van der Waals surface area (Å²) >= 11 is 1.17. The van der Waals surface area contributed by atoms with Crippen molar-refractivity contribution >= 4 is 28.8 Å². The lowest BCUT2D eigenvalue weighted by molar-refractivity contribution is -0.146. The predicted octanol–water partition coefficient (Wildman–Crippen LogP) is 4.27. The Morgan fingerprint density at radius 2 is 1.85 bits per heavy atom. The third-order valence-corrected chi connectivity index (χ3v) is 4.51. The zero-order chi connectivity index (χ0) is 18.6. The van der Waals surface area contributed by atoms with E-state index in [1.165, 1.54) is 11.8 Å². The van der Waals surface area contributed by atoms with Crippen LogP contribution >= 0.6 is 11.8 Å². The summed E-state index contributed by atoms with van der Waals surface area (Å²) in [6.07, 6.45) is -0.647. The van der Waals surface area contributed by atoms with Gasteiger partial charge < -0.3 is 13.6 Å². The van der Waals surface area contributed by atoms with E-state index in [9.17, 15) is 4.79 Å². The van der Waals surface area contributed by atoms with E-state index in [1.807, 2.05) is 54.6 Å². The van der Waals surface area contributed by atoms with Crippen molar-refractivity contribution in [1.82, 2.24) is 15.2 Å². The molecule has 7 nitrogen and oxygen atoms in total. The van der Waals surface area contributed by atoms with Gasteiger partial charge in [0.2, 0.25) is 5.89 Å². The Balaban J connectivity index is 1.34. The van der Waals surface area contributed by atoms with Crippen LogP contribution in [-0.2, 0) is 9.53 Å². The van der Waals surface area contributed by atoms with Crippen LogP contribution in [0.4, 0.5) is 0 Å². The van der Waals surface area contributed by atoms with E-state index in [2.05, 4.69) is 15.2 Å². The van der Waals surface area contributed by atoms with Crippen LogP contribution in [0.1, 0.15) is 18.9 Å². The molecule has 0 aliphatic rings. The normalized spacial score (nSPS) is 12.2. The van der Waals surface area contributed by atoms with Gasteiger partial charge in [-0.15, -0.1) is 10.2 Å². The third-order valence-electron chi connectivity index (χ3n) is 3.71. The van der Waals surface area contributed by atoms with Crippen LogP contribution in [0.3, 0.4) is 0 Å². The van der Waals surface area contributed by atoms with Crippen LogP contribution < -0.4 is 0 Å². The highest BCUT2D eigenvalue weighted by Gasteiger charge is 2.19. The van der Waals surface area contributed by atoms with Crippen molar-refractivity contribution in [2.45, 2.75) is 18.3 Å². The van der Waals surface area contributed by atoms with E-state index in [0.29, 0.717) is 16.7 Å². The number of oxazole rings is 1. The number of hydrogen-bond acceptors (Lipinski definition) is 8. The van der Waals surface area contributed by atoms with Gasteiger partial charge in [-0.1, -0.05) is 42.1 Å². The zero-order valence-electron chi connectivity index (χ0n) is 14.4. The van der Waals surface area contributed by atoms with Crippen LogP contribution in [0.15, 0.2) is 68.7 Å². The van der Waals surface area contributed by atoms with Crippen molar-refractivity contribution in [2.24, 2.45) is 0 Å². The molecule has 2 aromatic heterocycles. The molecule has 0 fully saturated rings. The molecule has 0 bridgehead atoms. The molecule has 4 aromatic rings. The first-order valence-electron chi connectivity index (χ1n) is 8.26. The Labute approximate surface area is 158 Å². The Hall–Kier alpha value is -3.13. The maximum Gasteiger partial charge on any atom is 0.317 e. The smallest absolute Gasteiger partial charge is 0.317 e. The Morgan fingerprint density at radius 3 is 2.67 bits per heavy atom. The van der Waals surface area contributed by atoms with Gasteiger partial charge in [0.15, 0.2) is 11.7 Å². The Morgan fingerprint density at radius 1 is 1.07 bits per heavy atom. The Bertz CT molecular complexity index is 1030. The van der Waals surface area contributed by atoms with Crippen molar-refractivity contribution in [1.29, 1.82) is 0 Å². The molecule has 136 valence electrons. The molecular weight excluding hydrogens is 366 g/mol. The van der Waals surface area contributed by atoms with Crippen molar-refractivity contribution in [3.63, 3.8) is 0 Å². The molecule has 0 aliphatic heterocycles. The lowest BCUT2D eigenvalue weighted by atomic mass is 10.2. The quantitative estimate of drug-likeness (QED) is 0.361. The maximum absolute atomic E-state index is 12.1. The fourth-order valence-electron chi connectivity index (χ4n) is 2.41. The number of fused-ring (bicyclic) bond motifs is 1. The molecule has 1 atom stereocenters. The first kappa shape index (κ1) is 17.3. The molecule has 0 amide bonds. The van der Waals surface area contributed by atoms with Gasteiger partial charge in [0.05, 0.1) is 0 Å². The van der Waals surface area contributed by atoms with Crippen molar-refractivity contribution < 1.29 is 18.4 Å². The second-order valence-electron chi connectivity index (χ2n) is 5.68. The molecule has 0 aliphatic carbocycles. The van der Waals surface area contributed by atoms with Gasteiger partial charge in [0.25, 0.3) is 11.1 Å². The number of benzene rings is 2. The largest absolute Gasteiger partial charge is 0.452 e. The van der Waals surface area contributed by atoms with Crippen molar-refractivity contribution in [3.8, 4) is 11.5 Å². The van der Waals surface area contributed by atoms with Crippen LogP contribution in [0.25, 0.3) is 22.6 Å². The summed E-state index contributed by atoms with van der Waals surface area (Å²) in [5.41, 5.74) is 2.24. The van der Waals surface area contributed by atoms with Crippen molar-refractivity contribution in [2.75, 3.05) is 5.75 Å². The molecule has 8 heteroatoms. The number of rotatable bonds is 6. The van der Waals surface area contributed by atoms with Crippen LogP contribution in [0.2, 0.25) is 0 Å². The lowest BCUT2D eigenvalue weighted by Gasteiger charge is -2.08. The number of para-hydroxylation sites is 2.